The fourth-order valence-electron chi connectivity index (χ4n) is 4.06. The van der Waals surface area contributed by atoms with Crippen molar-refractivity contribution in [1.82, 2.24) is 4.90 Å². The maximum Gasteiger partial charge on any atom is 0.339 e. The van der Waals surface area contributed by atoms with E-state index in [2.05, 4.69) is 35.2 Å². The highest BCUT2D eigenvalue weighted by Gasteiger charge is 2.42. The summed E-state index contributed by atoms with van der Waals surface area (Å²) in [6.45, 7) is 7.81. The molecule has 0 spiro atoms. The number of aryl methyl sites for hydroxylation is 1. The molecule has 6 nitrogen and oxygen atoms in total. The van der Waals surface area contributed by atoms with Gasteiger partial charge in [0.25, 0.3) is 5.91 Å². The van der Waals surface area contributed by atoms with E-state index in [9.17, 15) is 9.59 Å². The van der Waals surface area contributed by atoms with Crippen LogP contribution in [0.25, 0.3) is 0 Å². The van der Waals surface area contributed by atoms with Gasteiger partial charge in [0.05, 0.1) is 5.56 Å². The summed E-state index contributed by atoms with van der Waals surface area (Å²) in [6.07, 6.45) is 0.360. The molecule has 2 aliphatic heterocycles. The normalized spacial score (nSPS) is 22.0. The lowest BCUT2D eigenvalue weighted by molar-refractivity contribution is -0.134. The quantitative estimate of drug-likeness (QED) is 0.813. The van der Waals surface area contributed by atoms with E-state index >= 15 is 0 Å². The van der Waals surface area contributed by atoms with Gasteiger partial charge in [-0.3, -0.25) is 4.79 Å². The zero-order chi connectivity index (χ0) is 20.6. The summed E-state index contributed by atoms with van der Waals surface area (Å²) >= 11 is 0. The Kier molecular flexibility index (Phi) is 5.04. The van der Waals surface area contributed by atoms with Gasteiger partial charge in [-0.25, -0.2) is 4.79 Å². The molecule has 0 bridgehead atoms. The number of carbonyl (C=O) groups excluding carboxylic acids is 2. The van der Waals surface area contributed by atoms with Crippen LogP contribution in [0.2, 0.25) is 0 Å². The van der Waals surface area contributed by atoms with Crippen LogP contribution in [-0.4, -0.2) is 55.6 Å². The molecule has 6 heteroatoms. The number of carbonyl (C=O) groups is 2. The minimum absolute atomic E-state index is 0.313. The number of fused-ring (bicyclic) bond motifs is 1. The number of amides is 1. The average Bonchev–Trinajstić information content (AvgIpc) is 2.69. The van der Waals surface area contributed by atoms with Gasteiger partial charge < -0.3 is 19.9 Å². The molecule has 2 heterocycles. The number of hydrogen-bond acceptors (Lipinski definition) is 5. The number of piperazine rings is 1. The molecule has 1 unspecified atom stereocenters. The third-order valence-electron chi connectivity index (χ3n) is 5.86. The molecule has 2 aromatic rings. The third kappa shape index (κ3) is 3.85. The number of nitrogens with zero attached hydrogens (tertiary/aromatic N) is 2. The number of nitrogens with one attached hydrogen (secondary N) is 1. The zero-order valence-electron chi connectivity index (χ0n) is 17.2. The number of hydrogen-bond donors (Lipinski definition) is 1. The van der Waals surface area contributed by atoms with E-state index in [1.807, 2.05) is 24.3 Å². The molecule has 0 radical (unpaired) electrons. The SMILES string of the molecule is Cc1cc(NC(=O)C2(C)Cc3ccccc3C(=O)O2)ccc1N1CCN(C)CC1. The second-order valence-corrected chi connectivity index (χ2v) is 8.20. The number of esters is 1. The topological polar surface area (TPSA) is 61.9 Å². The predicted octanol–water partition coefficient (Wildman–Crippen LogP) is 2.86. The molecule has 1 saturated heterocycles. The summed E-state index contributed by atoms with van der Waals surface area (Å²) in [5.41, 5.74) is 3.16. The maximum atomic E-state index is 13.0. The van der Waals surface area contributed by atoms with E-state index < -0.39 is 11.6 Å². The summed E-state index contributed by atoms with van der Waals surface area (Å²) in [5, 5.41) is 2.94. The van der Waals surface area contributed by atoms with Crippen LogP contribution >= 0.6 is 0 Å². The number of benzene rings is 2. The summed E-state index contributed by atoms with van der Waals surface area (Å²) < 4.78 is 5.53. The first-order valence-corrected chi connectivity index (χ1v) is 10.0. The van der Waals surface area contributed by atoms with Crippen molar-refractivity contribution in [1.29, 1.82) is 0 Å². The van der Waals surface area contributed by atoms with E-state index in [1.165, 1.54) is 5.69 Å². The number of rotatable bonds is 3. The number of likely N-dealkylation sites (N-methyl/N-ethyl adjacent to an activating group) is 1. The molecule has 0 saturated carbocycles. The monoisotopic (exact) mass is 393 g/mol. The molecule has 0 aromatic heterocycles. The first-order valence-electron chi connectivity index (χ1n) is 10.0. The van der Waals surface area contributed by atoms with Crippen LogP contribution in [0, 0.1) is 6.92 Å². The van der Waals surface area contributed by atoms with Gasteiger partial charge in [0.1, 0.15) is 0 Å². The van der Waals surface area contributed by atoms with Crippen molar-refractivity contribution in [2.24, 2.45) is 0 Å². The van der Waals surface area contributed by atoms with Crippen molar-refractivity contribution in [3.63, 3.8) is 0 Å². The minimum atomic E-state index is -1.23. The Hall–Kier alpha value is -2.86. The number of cyclic esters (lactones) is 1. The van der Waals surface area contributed by atoms with Crippen LogP contribution < -0.4 is 10.2 Å². The fraction of sp³-hybridized carbons (Fsp3) is 0.391. The van der Waals surface area contributed by atoms with Gasteiger partial charge >= 0.3 is 5.97 Å². The van der Waals surface area contributed by atoms with E-state index in [4.69, 9.17) is 4.74 Å². The largest absolute Gasteiger partial charge is 0.445 e. The lowest BCUT2D eigenvalue weighted by atomic mass is 9.89. The Morgan fingerprint density at radius 1 is 1.10 bits per heavy atom. The van der Waals surface area contributed by atoms with E-state index in [-0.39, 0.29) is 5.91 Å². The first kappa shape index (κ1) is 19.5. The standard InChI is InChI=1S/C23H27N3O3/c1-16-14-18(8-9-20(16)26-12-10-25(3)11-13-26)24-22(28)23(2)15-17-6-4-5-7-19(17)21(27)29-23/h4-9,14H,10-13,15H2,1-3H3,(H,24,28). The zero-order valence-corrected chi connectivity index (χ0v) is 17.2. The molecule has 152 valence electrons. The first-order chi connectivity index (χ1) is 13.9. The van der Waals surface area contributed by atoms with Crippen LogP contribution in [0.3, 0.4) is 0 Å². The molecule has 2 aliphatic rings. The van der Waals surface area contributed by atoms with Crippen LogP contribution in [0.5, 0.6) is 0 Å². The molecule has 4 rings (SSSR count). The maximum absolute atomic E-state index is 13.0. The van der Waals surface area contributed by atoms with Gasteiger partial charge in [-0.1, -0.05) is 18.2 Å². The highest BCUT2D eigenvalue weighted by Crippen LogP contribution is 2.30. The van der Waals surface area contributed by atoms with E-state index in [0.29, 0.717) is 17.7 Å². The van der Waals surface area contributed by atoms with Gasteiger partial charge in [-0.05, 0) is 56.3 Å². The number of ether oxygens (including phenoxy) is 1. The van der Waals surface area contributed by atoms with Crippen molar-refractivity contribution in [3.8, 4) is 0 Å². The van der Waals surface area contributed by atoms with Gasteiger partial charge in [-0.2, -0.15) is 0 Å². The highest BCUT2D eigenvalue weighted by atomic mass is 16.6. The minimum Gasteiger partial charge on any atom is -0.445 e. The summed E-state index contributed by atoms with van der Waals surface area (Å²) in [4.78, 5) is 30.0. The van der Waals surface area contributed by atoms with E-state index in [1.54, 1.807) is 19.1 Å². The molecule has 1 amide bonds. The van der Waals surface area contributed by atoms with Crippen LogP contribution in [0.1, 0.15) is 28.4 Å². The Labute approximate surface area is 171 Å². The van der Waals surface area contributed by atoms with Crippen molar-refractivity contribution in [3.05, 3.63) is 59.2 Å². The van der Waals surface area contributed by atoms with Crippen molar-refractivity contribution < 1.29 is 14.3 Å². The molecular weight excluding hydrogens is 366 g/mol. The third-order valence-corrected chi connectivity index (χ3v) is 5.86. The molecule has 0 aliphatic carbocycles. The second kappa shape index (κ2) is 7.52. The number of anilines is 2. The van der Waals surface area contributed by atoms with Crippen molar-refractivity contribution >= 4 is 23.3 Å². The lowest BCUT2D eigenvalue weighted by Crippen LogP contribution is -2.48. The Balaban J connectivity index is 1.49. The van der Waals surface area contributed by atoms with Crippen LogP contribution in [0.15, 0.2) is 42.5 Å². The Morgan fingerprint density at radius 3 is 2.55 bits per heavy atom. The summed E-state index contributed by atoms with van der Waals surface area (Å²) in [5.74, 6) is -0.766. The van der Waals surface area contributed by atoms with Gasteiger partial charge in [0.15, 0.2) is 5.60 Å². The van der Waals surface area contributed by atoms with Crippen molar-refractivity contribution in [2.75, 3.05) is 43.4 Å². The molecule has 1 atom stereocenters. The second-order valence-electron chi connectivity index (χ2n) is 8.20. The van der Waals surface area contributed by atoms with Crippen LogP contribution in [-0.2, 0) is 16.0 Å². The van der Waals surface area contributed by atoms with E-state index in [0.717, 1.165) is 37.3 Å². The molecule has 29 heavy (non-hydrogen) atoms. The van der Waals surface area contributed by atoms with Gasteiger partial charge in [0, 0.05) is 44.0 Å². The average molecular weight is 393 g/mol. The molecule has 1 fully saturated rings. The Morgan fingerprint density at radius 2 is 1.83 bits per heavy atom. The lowest BCUT2D eigenvalue weighted by Gasteiger charge is -2.35. The molecule has 2 aromatic carbocycles. The summed E-state index contributed by atoms with van der Waals surface area (Å²) in [6, 6.07) is 13.2. The smallest absolute Gasteiger partial charge is 0.339 e. The van der Waals surface area contributed by atoms with Gasteiger partial charge in [-0.15, -0.1) is 0 Å². The molecule has 1 N–H and O–H groups in total. The Bertz CT molecular complexity index is 950. The fourth-order valence-corrected chi connectivity index (χ4v) is 4.06. The van der Waals surface area contributed by atoms with Gasteiger partial charge in [0.2, 0.25) is 0 Å². The summed E-state index contributed by atoms with van der Waals surface area (Å²) in [7, 11) is 2.14. The predicted molar refractivity (Wildman–Crippen MR) is 113 cm³/mol. The molecular formula is C23H27N3O3. The van der Waals surface area contributed by atoms with Crippen LogP contribution in [0.4, 0.5) is 11.4 Å². The highest BCUT2D eigenvalue weighted by molar-refractivity contribution is 6.02. The van der Waals surface area contributed by atoms with Crippen molar-refractivity contribution in [2.45, 2.75) is 25.9 Å².